The van der Waals surface area contributed by atoms with Crippen LogP contribution in [0.15, 0.2) is 0 Å². The summed E-state index contributed by atoms with van der Waals surface area (Å²) in [6.07, 6.45) is 8.36. The number of carbonyl (C=O) groups is 2. The fourth-order valence-corrected chi connectivity index (χ4v) is 0. The zero-order valence-corrected chi connectivity index (χ0v) is 16.4. The molecule has 0 saturated heterocycles. The van der Waals surface area contributed by atoms with Gasteiger partial charge in [0.2, 0.25) is 0 Å². The molecule has 0 aromatic rings. The van der Waals surface area contributed by atoms with Crippen molar-refractivity contribution < 1.29 is 19.8 Å². The molecule has 0 saturated carbocycles. The molecule has 0 aromatic carbocycles. The summed E-state index contributed by atoms with van der Waals surface area (Å²) in [5, 5.41) is 15.4. The minimum Gasteiger partial charge on any atom is -0.481 e. The van der Waals surface area contributed by atoms with Gasteiger partial charge in [-0.2, -0.15) is 0 Å². The van der Waals surface area contributed by atoms with Crippen molar-refractivity contribution in [1.82, 2.24) is 0 Å². The van der Waals surface area contributed by atoms with Crippen molar-refractivity contribution in [2.45, 2.75) is 107 Å². The molecular weight excluding hydrogens is 280 g/mol. The Morgan fingerprint density at radius 3 is 0.591 bits per heavy atom. The van der Waals surface area contributed by atoms with Crippen LogP contribution < -0.4 is 0 Å². The first-order valence-corrected chi connectivity index (χ1v) is 8.72. The molecule has 0 aromatic heterocycles. The summed E-state index contributed by atoms with van der Waals surface area (Å²) in [6.45, 7) is 16.3. The Hall–Kier alpha value is -1.06. The SMILES string of the molecule is CCC(=O)O.CCC(=O)O.CCCC.CCCC.CCCC. The molecule has 0 aliphatic rings. The average Bonchev–Trinajstić information content (AvgIpc) is 2.55. The summed E-state index contributed by atoms with van der Waals surface area (Å²) in [5.41, 5.74) is 0. The highest BCUT2D eigenvalue weighted by molar-refractivity contribution is 5.66. The summed E-state index contributed by atoms with van der Waals surface area (Å²) in [5.74, 6) is -1.49. The number of hydrogen-bond acceptors (Lipinski definition) is 2. The van der Waals surface area contributed by atoms with Gasteiger partial charge in [-0.3, -0.25) is 9.59 Å². The lowest BCUT2D eigenvalue weighted by Gasteiger charge is -1.71. The molecular formula is C18H42O4. The van der Waals surface area contributed by atoms with E-state index in [1.807, 2.05) is 0 Å². The lowest BCUT2D eigenvalue weighted by Crippen LogP contribution is -1.86. The van der Waals surface area contributed by atoms with Crippen LogP contribution in [0.5, 0.6) is 0 Å². The number of unbranched alkanes of at least 4 members (excludes halogenated alkanes) is 3. The van der Waals surface area contributed by atoms with E-state index in [1.54, 1.807) is 13.8 Å². The third kappa shape index (κ3) is 173. The molecule has 0 bridgehead atoms. The minimum absolute atomic E-state index is 0.222. The third-order valence-electron chi connectivity index (χ3n) is 2.10. The van der Waals surface area contributed by atoms with Crippen LogP contribution in [0.2, 0.25) is 0 Å². The Labute approximate surface area is 139 Å². The molecule has 0 amide bonds. The zero-order chi connectivity index (χ0) is 18.8. The van der Waals surface area contributed by atoms with E-state index in [-0.39, 0.29) is 12.8 Å². The Kier molecular flexibility index (Phi) is 63.6. The van der Waals surface area contributed by atoms with Crippen LogP contribution in [0.1, 0.15) is 107 Å². The molecule has 4 heteroatoms. The molecule has 0 atom stereocenters. The van der Waals surface area contributed by atoms with Crippen molar-refractivity contribution in [3.63, 3.8) is 0 Å². The number of hydrogen-bond donors (Lipinski definition) is 2. The predicted octanol–water partition coefficient (Wildman–Crippen LogP) is 6.38. The third-order valence-corrected chi connectivity index (χ3v) is 2.10. The van der Waals surface area contributed by atoms with E-state index in [9.17, 15) is 9.59 Å². The van der Waals surface area contributed by atoms with Crippen LogP contribution in [0.25, 0.3) is 0 Å². The highest BCUT2D eigenvalue weighted by Gasteiger charge is 1.81. The Bertz CT molecular complexity index is 150. The van der Waals surface area contributed by atoms with E-state index in [4.69, 9.17) is 10.2 Å². The Balaban J connectivity index is -0.0000000550. The summed E-state index contributed by atoms with van der Waals surface area (Å²) in [7, 11) is 0. The summed E-state index contributed by atoms with van der Waals surface area (Å²) >= 11 is 0. The molecule has 0 aliphatic heterocycles. The van der Waals surface area contributed by atoms with E-state index in [1.165, 1.54) is 38.5 Å². The molecule has 0 rings (SSSR count). The molecule has 4 nitrogen and oxygen atoms in total. The maximum Gasteiger partial charge on any atom is 0.303 e. The van der Waals surface area contributed by atoms with E-state index in [0.29, 0.717) is 0 Å². The number of carboxylic acids is 2. The highest BCUT2D eigenvalue weighted by atomic mass is 16.4. The monoisotopic (exact) mass is 322 g/mol. The number of rotatable bonds is 5. The second-order valence-electron chi connectivity index (χ2n) is 4.49. The van der Waals surface area contributed by atoms with Crippen LogP contribution in [0.3, 0.4) is 0 Å². The largest absolute Gasteiger partial charge is 0.481 e. The first-order valence-electron chi connectivity index (χ1n) is 8.72. The van der Waals surface area contributed by atoms with Gasteiger partial charge in [0.15, 0.2) is 0 Å². The lowest BCUT2D eigenvalue weighted by molar-refractivity contribution is -0.137. The molecule has 0 spiro atoms. The van der Waals surface area contributed by atoms with Gasteiger partial charge in [0.25, 0.3) is 0 Å². The predicted molar refractivity (Wildman–Crippen MR) is 97.6 cm³/mol. The van der Waals surface area contributed by atoms with Gasteiger partial charge >= 0.3 is 11.9 Å². The molecule has 138 valence electrons. The molecule has 22 heavy (non-hydrogen) atoms. The molecule has 0 fully saturated rings. The maximum absolute atomic E-state index is 9.37. The molecule has 0 radical (unpaired) electrons. The van der Waals surface area contributed by atoms with Crippen LogP contribution >= 0.6 is 0 Å². The van der Waals surface area contributed by atoms with Crippen molar-refractivity contribution in [2.75, 3.05) is 0 Å². The maximum atomic E-state index is 9.37. The average molecular weight is 323 g/mol. The van der Waals surface area contributed by atoms with Crippen LogP contribution in [-0.4, -0.2) is 22.2 Å². The van der Waals surface area contributed by atoms with E-state index in [2.05, 4.69) is 41.5 Å². The molecule has 0 heterocycles. The van der Waals surface area contributed by atoms with Gasteiger partial charge in [-0.1, -0.05) is 93.9 Å². The van der Waals surface area contributed by atoms with E-state index < -0.39 is 11.9 Å². The first-order chi connectivity index (χ1) is 10.3. The second-order valence-corrected chi connectivity index (χ2v) is 4.49. The number of aliphatic carboxylic acids is 2. The van der Waals surface area contributed by atoms with Gasteiger partial charge in [-0.25, -0.2) is 0 Å². The minimum atomic E-state index is -0.745. The van der Waals surface area contributed by atoms with Crippen molar-refractivity contribution in [1.29, 1.82) is 0 Å². The quantitative estimate of drug-likeness (QED) is 0.615. The molecule has 2 N–H and O–H groups in total. The van der Waals surface area contributed by atoms with Crippen LogP contribution in [0.4, 0.5) is 0 Å². The standard InChI is InChI=1S/3C4H10.2C3H6O2/c3*1-3-4-2;2*1-2-3(4)5/h3*3-4H2,1-2H3;2*2H2,1H3,(H,4,5). The smallest absolute Gasteiger partial charge is 0.303 e. The number of carboxylic acid groups (broad SMARTS) is 2. The van der Waals surface area contributed by atoms with Crippen molar-refractivity contribution in [3.8, 4) is 0 Å². The first kappa shape index (κ1) is 32.8. The van der Waals surface area contributed by atoms with Gasteiger partial charge in [-0.15, -0.1) is 0 Å². The highest BCUT2D eigenvalue weighted by Crippen LogP contribution is 1.77. The molecule has 0 aliphatic carbocycles. The van der Waals surface area contributed by atoms with Gasteiger partial charge in [0.1, 0.15) is 0 Å². The van der Waals surface area contributed by atoms with Gasteiger partial charge < -0.3 is 10.2 Å². The Morgan fingerprint density at radius 1 is 0.500 bits per heavy atom. The van der Waals surface area contributed by atoms with Gasteiger partial charge in [0, 0.05) is 12.8 Å². The van der Waals surface area contributed by atoms with Gasteiger partial charge in [0.05, 0.1) is 0 Å². The fourth-order valence-electron chi connectivity index (χ4n) is 0. The topological polar surface area (TPSA) is 74.6 Å². The summed E-state index contributed by atoms with van der Waals surface area (Å²) < 4.78 is 0. The van der Waals surface area contributed by atoms with Crippen LogP contribution in [-0.2, 0) is 9.59 Å². The summed E-state index contributed by atoms with van der Waals surface area (Å²) in [6, 6.07) is 0. The van der Waals surface area contributed by atoms with Crippen molar-refractivity contribution in [3.05, 3.63) is 0 Å². The second kappa shape index (κ2) is 42.7. The molecule has 0 unspecified atom stereocenters. The normalized spacial score (nSPS) is 7.45. The fraction of sp³-hybridized carbons (Fsp3) is 0.889. The van der Waals surface area contributed by atoms with Gasteiger partial charge in [-0.05, 0) is 0 Å². The van der Waals surface area contributed by atoms with Crippen molar-refractivity contribution >= 4 is 11.9 Å². The van der Waals surface area contributed by atoms with E-state index in [0.717, 1.165) is 0 Å². The summed E-state index contributed by atoms with van der Waals surface area (Å²) in [4.78, 5) is 18.7. The Morgan fingerprint density at radius 2 is 0.591 bits per heavy atom. The zero-order valence-electron chi connectivity index (χ0n) is 16.4. The van der Waals surface area contributed by atoms with Crippen molar-refractivity contribution in [2.24, 2.45) is 0 Å². The van der Waals surface area contributed by atoms with Crippen LogP contribution in [0, 0.1) is 0 Å². The van der Waals surface area contributed by atoms with E-state index >= 15 is 0 Å². The lowest BCUT2D eigenvalue weighted by atomic mass is 10.4.